The zero-order valence-corrected chi connectivity index (χ0v) is 16.3. The number of carbonyl (C=O) groups is 1. The highest BCUT2D eigenvalue weighted by Gasteiger charge is 2.37. The second kappa shape index (κ2) is 8.87. The Morgan fingerprint density at radius 1 is 1.27 bits per heavy atom. The molecule has 1 aromatic rings. The summed E-state index contributed by atoms with van der Waals surface area (Å²) in [6.07, 6.45) is 3.25. The highest BCUT2D eigenvalue weighted by molar-refractivity contribution is 5.96. The molecule has 2 heterocycles. The van der Waals surface area contributed by atoms with E-state index < -0.39 is 0 Å². The lowest BCUT2D eigenvalue weighted by molar-refractivity contribution is -0.129. The molecule has 5 nitrogen and oxygen atoms in total. The Morgan fingerprint density at radius 2 is 1.96 bits per heavy atom. The zero-order valence-electron chi connectivity index (χ0n) is 16.3. The molecular formula is C21H32N2O3. The fourth-order valence-electron chi connectivity index (χ4n) is 3.93. The third-order valence-corrected chi connectivity index (χ3v) is 5.67. The summed E-state index contributed by atoms with van der Waals surface area (Å²) >= 11 is 0. The number of hydrogen-bond donors (Lipinski definition) is 0. The van der Waals surface area contributed by atoms with Crippen LogP contribution in [0.5, 0.6) is 5.75 Å². The van der Waals surface area contributed by atoms with Crippen LogP contribution in [0.15, 0.2) is 24.3 Å². The van der Waals surface area contributed by atoms with E-state index in [1.165, 1.54) is 25.9 Å². The number of nitrogens with zero attached hydrogens (tertiary/aromatic N) is 2. The Bertz CT molecular complexity index is 581. The molecule has 0 spiro atoms. The molecule has 2 atom stereocenters. The third-order valence-electron chi connectivity index (χ3n) is 5.67. The van der Waals surface area contributed by atoms with Crippen LogP contribution in [0.1, 0.15) is 33.1 Å². The minimum atomic E-state index is -0.323. The molecule has 0 N–H and O–H groups in total. The molecule has 2 aliphatic heterocycles. The van der Waals surface area contributed by atoms with Gasteiger partial charge in [0.1, 0.15) is 18.5 Å². The second-order valence-electron chi connectivity index (χ2n) is 7.78. The molecule has 0 bridgehead atoms. The molecule has 0 saturated carbocycles. The molecule has 0 unspecified atom stereocenters. The van der Waals surface area contributed by atoms with E-state index in [4.69, 9.17) is 9.47 Å². The average molecular weight is 360 g/mol. The van der Waals surface area contributed by atoms with Gasteiger partial charge in [-0.2, -0.15) is 0 Å². The van der Waals surface area contributed by atoms with Crippen molar-refractivity contribution in [2.24, 2.45) is 11.8 Å². The van der Waals surface area contributed by atoms with E-state index in [9.17, 15) is 4.79 Å². The number of carbonyl (C=O) groups excluding carboxylic acids is 1. The molecule has 0 aromatic heterocycles. The van der Waals surface area contributed by atoms with E-state index in [2.05, 4.69) is 18.7 Å². The van der Waals surface area contributed by atoms with Gasteiger partial charge in [-0.25, -0.2) is 0 Å². The number of amides is 1. The van der Waals surface area contributed by atoms with Crippen molar-refractivity contribution in [1.82, 2.24) is 4.90 Å². The summed E-state index contributed by atoms with van der Waals surface area (Å²) in [5.74, 6) is 1.65. The molecule has 3 rings (SSSR count). The SMILES string of the molecule is CC(C)[C@H]1CCO[C@H]1C(=O)N(C)c1ccc(OCCN2CCCC2)cc1. The van der Waals surface area contributed by atoms with Gasteiger partial charge in [0, 0.05) is 25.9 Å². The van der Waals surface area contributed by atoms with Crippen molar-refractivity contribution in [3.05, 3.63) is 24.3 Å². The molecule has 1 aromatic carbocycles. The number of hydrogen-bond acceptors (Lipinski definition) is 4. The van der Waals surface area contributed by atoms with Crippen molar-refractivity contribution >= 4 is 11.6 Å². The summed E-state index contributed by atoms with van der Waals surface area (Å²) in [7, 11) is 1.82. The fraction of sp³-hybridized carbons (Fsp3) is 0.667. The summed E-state index contributed by atoms with van der Waals surface area (Å²) in [4.78, 5) is 17.0. The maximum atomic E-state index is 12.8. The Kier molecular flexibility index (Phi) is 6.54. The van der Waals surface area contributed by atoms with E-state index in [0.717, 1.165) is 24.4 Å². The third kappa shape index (κ3) is 4.57. The first kappa shape index (κ1) is 19.2. The molecule has 1 amide bonds. The Balaban J connectivity index is 1.52. The average Bonchev–Trinajstić information content (AvgIpc) is 3.33. The van der Waals surface area contributed by atoms with Gasteiger partial charge in [-0.15, -0.1) is 0 Å². The van der Waals surface area contributed by atoms with Gasteiger partial charge in [0.05, 0.1) is 0 Å². The number of anilines is 1. The van der Waals surface area contributed by atoms with E-state index in [0.29, 0.717) is 25.0 Å². The highest BCUT2D eigenvalue weighted by Crippen LogP contribution is 2.30. The van der Waals surface area contributed by atoms with Crippen molar-refractivity contribution in [3.8, 4) is 5.75 Å². The van der Waals surface area contributed by atoms with Gasteiger partial charge in [-0.1, -0.05) is 13.8 Å². The number of ether oxygens (including phenoxy) is 2. The zero-order chi connectivity index (χ0) is 18.5. The quantitative estimate of drug-likeness (QED) is 0.749. The molecule has 0 aliphatic carbocycles. The lowest BCUT2D eigenvalue weighted by atomic mass is 9.89. The maximum Gasteiger partial charge on any atom is 0.256 e. The molecule has 0 radical (unpaired) electrons. The predicted molar refractivity (Wildman–Crippen MR) is 104 cm³/mol. The highest BCUT2D eigenvalue weighted by atomic mass is 16.5. The minimum absolute atomic E-state index is 0.0453. The second-order valence-corrected chi connectivity index (χ2v) is 7.78. The van der Waals surface area contributed by atoms with Crippen LogP contribution in [0.4, 0.5) is 5.69 Å². The summed E-state index contributed by atoms with van der Waals surface area (Å²) in [5.41, 5.74) is 0.875. The molecule has 2 aliphatic rings. The van der Waals surface area contributed by atoms with Gasteiger partial charge < -0.3 is 14.4 Å². The van der Waals surface area contributed by atoms with Crippen LogP contribution in [0.3, 0.4) is 0 Å². The Hall–Kier alpha value is -1.59. The normalized spacial score (nSPS) is 23.5. The molecule has 2 saturated heterocycles. The van der Waals surface area contributed by atoms with E-state index in [1.807, 2.05) is 31.3 Å². The molecule has 2 fully saturated rings. The van der Waals surface area contributed by atoms with Gasteiger partial charge in [0.15, 0.2) is 0 Å². The Morgan fingerprint density at radius 3 is 2.62 bits per heavy atom. The molecular weight excluding hydrogens is 328 g/mol. The first-order valence-electron chi connectivity index (χ1n) is 9.90. The number of benzene rings is 1. The standard InChI is InChI=1S/C21H32N2O3/c1-16(2)19-10-14-26-20(19)21(24)22(3)17-6-8-18(9-7-17)25-15-13-23-11-4-5-12-23/h6-9,16,19-20H,4-5,10-15H2,1-3H3/t19-,20-/m1/s1. The molecule has 26 heavy (non-hydrogen) atoms. The first-order chi connectivity index (χ1) is 12.6. The predicted octanol–water partition coefficient (Wildman–Crippen LogP) is 3.19. The van der Waals surface area contributed by atoms with Gasteiger partial charge in [-0.3, -0.25) is 9.69 Å². The van der Waals surface area contributed by atoms with Crippen molar-refractivity contribution < 1.29 is 14.3 Å². The topological polar surface area (TPSA) is 42.0 Å². The summed E-state index contributed by atoms with van der Waals surface area (Å²) in [6, 6.07) is 7.78. The number of likely N-dealkylation sites (N-methyl/N-ethyl adjacent to an activating group) is 1. The van der Waals surface area contributed by atoms with E-state index >= 15 is 0 Å². The van der Waals surface area contributed by atoms with Crippen LogP contribution >= 0.6 is 0 Å². The van der Waals surface area contributed by atoms with Gasteiger partial charge in [0.25, 0.3) is 5.91 Å². The van der Waals surface area contributed by atoms with E-state index in [1.54, 1.807) is 4.90 Å². The van der Waals surface area contributed by atoms with Gasteiger partial charge >= 0.3 is 0 Å². The van der Waals surface area contributed by atoms with Gasteiger partial charge in [-0.05, 0) is 68.5 Å². The van der Waals surface area contributed by atoms with Crippen LogP contribution in [-0.2, 0) is 9.53 Å². The van der Waals surface area contributed by atoms with Crippen molar-refractivity contribution in [1.29, 1.82) is 0 Å². The monoisotopic (exact) mass is 360 g/mol. The van der Waals surface area contributed by atoms with Crippen molar-refractivity contribution in [2.75, 3.05) is 44.8 Å². The van der Waals surface area contributed by atoms with Crippen LogP contribution in [0, 0.1) is 11.8 Å². The molecule has 5 heteroatoms. The smallest absolute Gasteiger partial charge is 0.256 e. The van der Waals surface area contributed by atoms with Crippen molar-refractivity contribution in [2.45, 2.75) is 39.2 Å². The minimum Gasteiger partial charge on any atom is -0.492 e. The Labute approximate surface area is 157 Å². The number of rotatable bonds is 7. The largest absolute Gasteiger partial charge is 0.492 e. The van der Waals surface area contributed by atoms with Crippen LogP contribution in [0.2, 0.25) is 0 Å². The lowest BCUT2D eigenvalue weighted by Crippen LogP contribution is -2.40. The van der Waals surface area contributed by atoms with Gasteiger partial charge in [0.2, 0.25) is 0 Å². The first-order valence-corrected chi connectivity index (χ1v) is 9.90. The molecule has 144 valence electrons. The maximum absolute atomic E-state index is 12.8. The lowest BCUT2D eigenvalue weighted by Gasteiger charge is -2.26. The van der Waals surface area contributed by atoms with E-state index in [-0.39, 0.29) is 12.0 Å². The summed E-state index contributed by atoms with van der Waals surface area (Å²) < 4.78 is 11.6. The fourth-order valence-corrected chi connectivity index (χ4v) is 3.93. The van der Waals surface area contributed by atoms with Crippen LogP contribution in [0.25, 0.3) is 0 Å². The summed E-state index contributed by atoms with van der Waals surface area (Å²) in [6.45, 7) is 9.07. The van der Waals surface area contributed by atoms with Crippen LogP contribution < -0.4 is 9.64 Å². The summed E-state index contributed by atoms with van der Waals surface area (Å²) in [5, 5.41) is 0. The number of likely N-dealkylation sites (tertiary alicyclic amines) is 1. The van der Waals surface area contributed by atoms with Crippen LogP contribution in [-0.4, -0.2) is 56.8 Å². The van der Waals surface area contributed by atoms with Crippen molar-refractivity contribution in [3.63, 3.8) is 0 Å².